The summed E-state index contributed by atoms with van der Waals surface area (Å²) in [6.07, 6.45) is 0.541. The molecule has 5 nitrogen and oxygen atoms in total. The third kappa shape index (κ3) is 3.92. The number of carbonyl (C=O) groups excluding carboxylic acids is 2. The second kappa shape index (κ2) is 7.40. The summed E-state index contributed by atoms with van der Waals surface area (Å²) in [4.78, 5) is 24.8. The van der Waals surface area contributed by atoms with Gasteiger partial charge >= 0.3 is 0 Å². The largest absolute Gasteiger partial charge is 0.326 e. The van der Waals surface area contributed by atoms with Gasteiger partial charge < -0.3 is 10.6 Å². The van der Waals surface area contributed by atoms with Gasteiger partial charge in [-0.05, 0) is 42.2 Å². The van der Waals surface area contributed by atoms with E-state index in [1.54, 1.807) is 24.3 Å². The predicted octanol–water partition coefficient (Wildman–Crippen LogP) is 3.89. The van der Waals surface area contributed by atoms with E-state index in [2.05, 4.69) is 24.5 Å². The van der Waals surface area contributed by atoms with Crippen LogP contribution in [-0.4, -0.2) is 11.8 Å². The first kappa shape index (κ1) is 17.7. The highest BCUT2D eigenvalue weighted by Crippen LogP contribution is 2.40. The van der Waals surface area contributed by atoms with Crippen LogP contribution < -0.4 is 10.6 Å². The summed E-state index contributed by atoms with van der Waals surface area (Å²) in [5.74, 6) is -0.639. The maximum Gasteiger partial charge on any atom is 0.228 e. The Bertz CT molecular complexity index is 883. The first-order valence-corrected chi connectivity index (χ1v) is 8.70. The van der Waals surface area contributed by atoms with Crippen molar-refractivity contribution in [2.45, 2.75) is 26.2 Å². The fraction of sp³-hybridized carbons (Fsp3) is 0.286. The number of hydrogen-bond donors (Lipinski definition) is 2. The van der Waals surface area contributed by atoms with Gasteiger partial charge in [-0.2, -0.15) is 5.26 Å². The minimum atomic E-state index is -0.327. The Hall–Kier alpha value is -3.13. The molecule has 0 spiro atoms. The van der Waals surface area contributed by atoms with Gasteiger partial charge in [0.2, 0.25) is 11.8 Å². The molecule has 2 N–H and O–H groups in total. The standard InChI is InChI=1S/C21H21N3O2/c1-13(2)16-8-3-4-9-19(16)24-21(26)18-11-17(18)20(25)23-15-7-5-6-14(10-15)12-22/h3-10,13,17-18H,11H2,1-2H3,(H,23,25)(H,24,26). The summed E-state index contributed by atoms with van der Waals surface area (Å²) in [5.41, 5.74) is 2.94. The maximum atomic E-state index is 12.5. The molecule has 2 unspecified atom stereocenters. The molecule has 2 atom stereocenters. The number of hydrogen-bond acceptors (Lipinski definition) is 3. The summed E-state index contributed by atoms with van der Waals surface area (Å²) in [7, 11) is 0. The minimum Gasteiger partial charge on any atom is -0.326 e. The summed E-state index contributed by atoms with van der Waals surface area (Å²) in [6, 6.07) is 16.5. The second-order valence-corrected chi connectivity index (χ2v) is 6.86. The van der Waals surface area contributed by atoms with Crippen LogP contribution in [0.3, 0.4) is 0 Å². The fourth-order valence-electron chi connectivity index (χ4n) is 3.02. The first-order chi connectivity index (χ1) is 12.5. The Labute approximate surface area is 153 Å². The lowest BCUT2D eigenvalue weighted by Gasteiger charge is -2.13. The molecule has 2 aromatic carbocycles. The van der Waals surface area contributed by atoms with Gasteiger partial charge in [-0.3, -0.25) is 9.59 Å². The third-order valence-electron chi connectivity index (χ3n) is 4.56. The topological polar surface area (TPSA) is 82.0 Å². The van der Waals surface area contributed by atoms with E-state index in [0.29, 0.717) is 23.6 Å². The molecule has 2 aromatic rings. The highest BCUT2D eigenvalue weighted by molar-refractivity contribution is 6.03. The molecule has 2 amide bonds. The number of para-hydroxylation sites is 1. The van der Waals surface area contributed by atoms with Crippen molar-refractivity contribution in [1.29, 1.82) is 5.26 Å². The Morgan fingerprint density at radius 3 is 2.42 bits per heavy atom. The van der Waals surface area contributed by atoms with E-state index >= 15 is 0 Å². The van der Waals surface area contributed by atoms with Crippen molar-refractivity contribution in [3.05, 3.63) is 59.7 Å². The summed E-state index contributed by atoms with van der Waals surface area (Å²) in [5, 5.41) is 14.7. The Morgan fingerprint density at radius 1 is 1.04 bits per heavy atom. The zero-order valence-electron chi connectivity index (χ0n) is 14.8. The van der Waals surface area contributed by atoms with E-state index in [-0.39, 0.29) is 23.7 Å². The Balaban J connectivity index is 1.60. The smallest absolute Gasteiger partial charge is 0.228 e. The lowest BCUT2D eigenvalue weighted by molar-refractivity contribution is -0.122. The molecule has 3 rings (SSSR count). The van der Waals surface area contributed by atoms with Crippen LogP contribution in [0.25, 0.3) is 0 Å². The van der Waals surface area contributed by atoms with Crippen LogP contribution >= 0.6 is 0 Å². The molecule has 0 radical (unpaired) electrons. The lowest BCUT2D eigenvalue weighted by Crippen LogP contribution is -2.21. The number of amides is 2. The van der Waals surface area contributed by atoms with Crippen molar-refractivity contribution >= 4 is 23.2 Å². The first-order valence-electron chi connectivity index (χ1n) is 8.70. The van der Waals surface area contributed by atoms with Crippen molar-refractivity contribution in [2.75, 3.05) is 10.6 Å². The number of nitrogens with one attached hydrogen (secondary N) is 2. The molecule has 5 heteroatoms. The zero-order chi connectivity index (χ0) is 18.7. The summed E-state index contributed by atoms with van der Waals surface area (Å²) >= 11 is 0. The number of benzene rings is 2. The number of nitriles is 1. The molecule has 0 aliphatic heterocycles. The molecule has 0 heterocycles. The average molecular weight is 347 g/mol. The van der Waals surface area contributed by atoms with E-state index in [0.717, 1.165) is 11.3 Å². The van der Waals surface area contributed by atoms with Crippen molar-refractivity contribution in [1.82, 2.24) is 0 Å². The van der Waals surface area contributed by atoms with Crippen molar-refractivity contribution in [3.63, 3.8) is 0 Å². The van der Waals surface area contributed by atoms with E-state index in [9.17, 15) is 9.59 Å². The van der Waals surface area contributed by atoms with Crippen LogP contribution in [0.2, 0.25) is 0 Å². The van der Waals surface area contributed by atoms with E-state index in [1.165, 1.54) is 0 Å². The lowest BCUT2D eigenvalue weighted by atomic mass is 10.0. The molecule has 26 heavy (non-hydrogen) atoms. The highest BCUT2D eigenvalue weighted by Gasteiger charge is 2.48. The maximum absolute atomic E-state index is 12.5. The van der Waals surface area contributed by atoms with Gasteiger partial charge in [0.15, 0.2) is 0 Å². The molecule has 1 aliphatic rings. The number of carbonyl (C=O) groups is 2. The third-order valence-corrected chi connectivity index (χ3v) is 4.56. The quantitative estimate of drug-likeness (QED) is 0.861. The van der Waals surface area contributed by atoms with Gasteiger partial charge in [-0.1, -0.05) is 38.1 Å². The van der Waals surface area contributed by atoms with Crippen molar-refractivity contribution < 1.29 is 9.59 Å². The zero-order valence-corrected chi connectivity index (χ0v) is 14.8. The van der Waals surface area contributed by atoms with Gasteiger partial charge in [0.25, 0.3) is 0 Å². The Morgan fingerprint density at radius 2 is 1.73 bits per heavy atom. The minimum absolute atomic E-state index is 0.121. The van der Waals surface area contributed by atoms with Gasteiger partial charge in [0.1, 0.15) is 0 Å². The van der Waals surface area contributed by atoms with Crippen LogP contribution in [0.4, 0.5) is 11.4 Å². The van der Waals surface area contributed by atoms with Gasteiger partial charge in [-0.25, -0.2) is 0 Å². The number of rotatable bonds is 5. The molecule has 132 valence electrons. The van der Waals surface area contributed by atoms with Crippen LogP contribution in [-0.2, 0) is 9.59 Å². The molecule has 1 fully saturated rings. The van der Waals surface area contributed by atoms with E-state index in [4.69, 9.17) is 5.26 Å². The van der Waals surface area contributed by atoms with Crippen molar-refractivity contribution in [2.24, 2.45) is 11.8 Å². The predicted molar refractivity (Wildman–Crippen MR) is 101 cm³/mol. The van der Waals surface area contributed by atoms with Crippen LogP contribution in [0, 0.1) is 23.2 Å². The molecule has 0 saturated heterocycles. The molecule has 1 saturated carbocycles. The normalized spacial score (nSPS) is 18.1. The molecule has 0 aromatic heterocycles. The van der Waals surface area contributed by atoms with Gasteiger partial charge in [0, 0.05) is 11.4 Å². The van der Waals surface area contributed by atoms with Crippen LogP contribution in [0.5, 0.6) is 0 Å². The van der Waals surface area contributed by atoms with E-state index in [1.807, 2.05) is 30.3 Å². The molecular weight excluding hydrogens is 326 g/mol. The van der Waals surface area contributed by atoms with Gasteiger partial charge in [0.05, 0.1) is 23.5 Å². The average Bonchev–Trinajstić information content (AvgIpc) is 3.43. The SMILES string of the molecule is CC(C)c1ccccc1NC(=O)C1CC1C(=O)Nc1cccc(C#N)c1. The van der Waals surface area contributed by atoms with Crippen LogP contribution in [0.15, 0.2) is 48.5 Å². The van der Waals surface area contributed by atoms with E-state index < -0.39 is 0 Å². The fourth-order valence-corrected chi connectivity index (χ4v) is 3.02. The second-order valence-electron chi connectivity index (χ2n) is 6.86. The molecular formula is C21H21N3O2. The summed E-state index contributed by atoms with van der Waals surface area (Å²) in [6.45, 7) is 4.15. The molecule has 0 bridgehead atoms. The van der Waals surface area contributed by atoms with Crippen LogP contribution in [0.1, 0.15) is 37.3 Å². The van der Waals surface area contributed by atoms with Crippen molar-refractivity contribution in [3.8, 4) is 6.07 Å². The number of anilines is 2. The highest BCUT2D eigenvalue weighted by atomic mass is 16.2. The Kier molecular flexibility index (Phi) is 5.04. The summed E-state index contributed by atoms with van der Waals surface area (Å²) < 4.78 is 0. The monoisotopic (exact) mass is 347 g/mol. The van der Waals surface area contributed by atoms with Gasteiger partial charge in [-0.15, -0.1) is 0 Å². The molecule has 1 aliphatic carbocycles. The number of nitrogens with zero attached hydrogens (tertiary/aromatic N) is 1.